The van der Waals surface area contributed by atoms with Gasteiger partial charge in [-0.15, -0.1) is 0 Å². The van der Waals surface area contributed by atoms with Gasteiger partial charge in [-0.3, -0.25) is 9.52 Å². The molecular formula is C21H19NO3S. The third-order valence-electron chi connectivity index (χ3n) is 4.06. The Morgan fingerprint density at radius 2 is 1.31 bits per heavy atom. The van der Waals surface area contributed by atoms with Gasteiger partial charge in [0.15, 0.2) is 5.78 Å². The van der Waals surface area contributed by atoms with Gasteiger partial charge in [0.05, 0.1) is 10.6 Å². The fraction of sp³-hybridized carbons (Fsp3) is 0.0952. The lowest BCUT2D eigenvalue weighted by atomic mass is 10.0. The second-order valence-corrected chi connectivity index (χ2v) is 7.84. The third-order valence-corrected chi connectivity index (χ3v) is 5.44. The summed E-state index contributed by atoms with van der Waals surface area (Å²) in [6.45, 7) is 3.83. The molecule has 0 atom stereocenters. The van der Waals surface area contributed by atoms with Crippen LogP contribution in [0.4, 0.5) is 5.69 Å². The van der Waals surface area contributed by atoms with E-state index in [0.29, 0.717) is 11.1 Å². The Morgan fingerprint density at radius 3 is 1.92 bits per heavy atom. The number of aryl methyl sites for hydroxylation is 2. The van der Waals surface area contributed by atoms with Crippen molar-refractivity contribution in [1.29, 1.82) is 0 Å². The summed E-state index contributed by atoms with van der Waals surface area (Å²) in [4.78, 5) is 13.0. The van der Waals surface area contributed by atoms with Gasteiger partial charge in [0, 0.05) is 11.1 Å². The first-order chi connectivity index (χ1) is 12.4. The number of rotatable bonds is 5. The van der Waals surface area contributed by atoms with Crippen molar-refractivity contribution in [2.24, 2.45) is 0 Å². The molecule has 0 bridgehead atoms. The Balaban J connectivity index is 1.95. The summed E-state index contributed by atoms with van der Waals surface area (Å²) < 4.78 is 27.8. The van der Waals surface area contributed by atoms with E-state index < -0.39 is 10.0 Å². The monoisotopic (exact) mass is 365 g/mol. The molecule has 132 valence electrons. The number of sulfonamides is 1. The molecule has 0 fully saturated rings. The van der Waals surface area contributed by atoms with Crippen molar-refractivity contribution >= 4 is 21.5 Å². The maximum absolute atomic E-state index is 12.8. The molecule has 3 aromatic carbocycles. The van der Waals surface area contributed by atoms with Crippen LogP contribution in [0, 0.1) is 13.8 Å². The summed E-state index contributed by atoms with van der Waals surface area (Å²) in [5.41, 5.74) is 3.11. The number of hydrogen-bond donors (Lipinski definition) is 1. The van der Waals surface area contributed by atoms with Crippen molar-refractivity contribution in [3.8, 4) is 0 Å². The smallest absolute Gasteiger partial charge is 0.261 e. The molecule has 0 aromatic heterocycles. The third kappa shape index (κ3) is 3.83. The molecule has 3 aromatic rings. The van der Waals surface area contributed by atoms with Crippen LogP contribution in [-0.4, -0.2) is 14.2 Å². The molecule has 0 amide bonds. The van der Waals surface area contributed by atoms with Gasteiger partial charge in [-0.25, -0.2) is 8.42 Å². The molecule has 26 heavy (non-hydrogen) atoms. The second kappa shape index (κ2) is 7.14. The second-order valence-electron chi connectivity index (χ2n) is 6.16. The minimum Gasteiger partial charge on any atom is -0.289 e. The number of benzene rings is 3. The number of ketones is 1. The Morgan fingerprint density at radius 1 is 0.769 bits per heavy atom. The summed E-state index contributed by atoms with van der Waals surface area (Å²) in [7, 11) is -3.78. The van der Waals surface area contributed by atoms with Crippen molar-refractivity contribution in [3.63, 3.8) is 0 Å². The van der Waals surface area contributed by atoms with E-state index in [9.17, 15) is 13.2 Å². The van der Waals surface area contributed by atoms with E-state index >= 15 is 0 Å². The molecule has 0 spiro atoms. The molecule has 0 heterocycles. The van der Waals surface area contributed by atoms with Gasteiger partial charge in [0.1, 0.15) is 0 Å². The maximum Gasteiger partial charge on any atom is 0.261 e. The quantitative estimate of drug-likeness (QED) is 0.684. The van der Waals surface area contributed by atoms with E-state index in [1.54, 1.807) is 60.7 Å². The number of nitrogens with one attached hydrogen (secondary N) is 1. The van der Waals surface area contributed by atoms with E-state index in [0.717, 1.165) is 11.1 Å². The highest BCUT2D eigenvalue weighted by atomic mass is 32.2. The van der Waals surface area contributed by atoms with Crippen LogP contribution in [0.1, 0.15) is 27.0 Å². The predicted octanol–water partition coefficient (Wildman–Crippen LogP) is 4.34. The summed E-state index contributed by atoms with van der Waals surface area (Å²) in [5.74, 6) is -0.229. The zero-order valence-electron chi connectivity index (χ0n) is 14.6. The Kier molecular flexibility index (Phi) is 4.91. The Bertz CT molecular complexity index is 1040. The summed E-state index contributed by atoms with van der Waals surface area (Å²) in [5, 5.41) is 0. The van der Waals surface area contributed by atoms with E-state index in [-0.39, 0.29) is 16.4 Å². The molecule has 3 rings (SSSR count). The van der Waals surface area contributed by atoms with E-state index in [4.69, 9.17) is 0 Å². The Hall–Kier alpha value is -2.92. The molecule has 1 N–H and O–H groups in total. The van der Waals surface area contributed by atoms with Crippen molar-refractivity contribution in [3.05, 3.63) is 95.1 Å². The number of hydrogen-bond acceptors (Lipinski definition) is 3. The van der Waals surface area contributed by atoms with Crippen molar-refractivity contribution in [2.75, 3.05) is 4.72 Å². The fourth-order valence-electron chi connectivity index (χ4n) is 2.55. The Labute approximate surface area is 153 Å². The molecule has 0 radical (unpaired) electrons. The van der Waals surface area contributed by atoms with E-state index in [1.807, 2.05) is 26.0 Å². The normalized spacial score (nSPS) is 11.2. The molecule has 0 unspecified atom stereocenters. The molecule has 5 heteroatoms. The zero-order chi connectivity index (χ0) is 18.7. The SMILES string of the molecule is Cc1ccc(C(=O)c2ccccc2NS(=O)(=O)c2ccc(C)cc2)cc1. The minimum absolute atomic E-state index is 0.153. The number of anilines is 1. The predicted molar refractivity (Wildman–Crippen MR) is 103 cm³/mol. The summed E-state index contributed by atoms with van der Waals surface area (Å²) in [6, 6.07) is 20.4. The average Bonchev–Trinajstić information content (AvgIpc) is 2.62. The molecule has 0 aliphatic rings. The highest BCUT2D eigenvalue weighted by Gasteiger charge is 2.19. The van der Waals surface area contributed by atoms with Crippen LogP contribution in [0.5, 0.6) is 0 Å². The van der Waals surface area contributed by atoms with E-state index in [1.165, 1.54) is 0 Å². The van der Waals surface area contributed by atoms with Gasteiger partial charge in [0.2, 0.25) is 0 Å². The molecule has 0 aliphatic carbocycles. The van der Waals surface area contributed by atoms with Crippen LogP contribution in [0.25, 0.3) is 0 Å². The highest BCUT2D eigenvalue weighted by molar-refractivity contribution is 7.92. The molecule has 0 saturated carbocycles. The van der Waals surface area contributed by atoms with Crippen LogP contribution in [0.2, 0.25) is 0 Å². The van der Waals surface area contributed by atoms with Gasteiger partial charge < -0.3 is 0 Å². The van der Waals surface area contributed by atoms with Gasteiger partial charge in [-0.05, 0) is 38.1 Å². The van der Waals surface area contributed by atoms with E-state index in [2.05, 4.69) is 4.72 Å². The van der Waals surface area contributed by atoms with Crippen LogP contribution < -0.4 is 4.72 Å². The van der Waals surface area contributed by atoms with Gasteiger partial charge in [0.25, 0.3) is 10.0 Å². The van der Waals surface area contributed by atoms with Crippen LogP contribution in [-0.2, 0) is 10.0 Å². The molecule has 4 nitrogen and oxygen atoms in total. The van der Waals surface area contributed by atoms with Crippen LogP contribution in [0.15, 0.2) is 77.7 Å². The van der Waals surface area contributed by atoms with Gasteiger partial charge in [-0.2, -0.15) is 0 Å². The van der Waals surface area contributed by atoms with Gasteiger partial charge >= 0.3 is 0 Å². The molecule has 0 aliphatic heterocycles. The number of carbonyl (C=O) groups excluding carboxylic acids is 1. The molecular weight excluding hydrogens is 346 g/mol. The van der Waals surface area contributed by atoms with Crippen molar-refractivity contribution in [2.45, 2.75) is 18.7 Å². The molecule has 0 saturated heterocycles. The average molecular weight is 365 g/mol. The van der Waals surface area contributed by atoms with Crippen molar-refractivity contribution in [1.82, 2.24) is 0 Å². The highest BCUT2D eigenvalue weighted by Crippen LogP contribution is 2.23. The standard InChI is InChI=1S/C21H19NO3S/c1-15-7-11-17(12-8-15)21(23)19-5-3-4-6-20(19)22-26(24,25)18-13-9-16(2)10-14-18/h3-14,22H,1-2H3. The first-order valence-electron chi connectivity index (χ1n) is 8.17. The lowest BCUT2D eigenvalue weighted by molar-refractivity contribution is 0.103. The minimum atomic E-state index is -3.78. The van der Waals surface area contributed by atoms with Gasteiger partial charge in [-0.1, -0.05) is 59.7 Å². The first kappa shape index (κ1) is 17.9. The summed E-state index contributed by atoms with van der Waals surface area (Å²) >= 11 is 0. The topological polar surface area (TPSA) is 63.2 Å². The fourth-order valence-corrected chi connectivity index (χ4v) is 3.63. The number of para-hydroxylation sites is 1. The van der Waals surface area contributed by atoms with Crippen molar-refractivity contribution < 1.29 is 13.2 Å². The lowest BCUT2D eigenvalue weighted by Gasteiger charge is -2.12. The maximum atomic E-state index is 12.8. The summed E-state index contributed by atoms with van der Waals surface area (Å²) in [6.07, 6.45) is 0. The van der Waals surface area contributed by atoms with Crippen LogP contribution >= 0.6 is 0 Å². The lowest BCUT2D eigenvalue weighted by Crippen LogP contribution is -2.16. The first-order valence-corrected chi connectivity index (χ1v) is 9.65. The zero-order valence-corrected chi connectivity index (χ0v) is 15.4. The largest absolute Gasteiger partial charge is 0.289 e. The number of carbonyl (C=O) groups is 1. The van der Waals surface area contributed by atoms with Crippen LogP contribution in [0.3, 0.4) is 0 Å².